The molecule has 0 aliphatic heterocycles. The maximum Gasteiger partial charge on any atom is 0.0863 e. The highest BCUT2D eigenvalue weighted by Gasteiger charge is 2.00. The quantitative estimate of drug-likeness (QED) is 0.777. The molecule has 1 aromatic rings. The third-order valence-electron chi connectivity index (χ3n) is 1.71. The van der Waals surface area contributed by atoms with Crippen LogP contribution in [0.25, 0.3) is 0 Å². The molecule has 0 spiro atoms. The predicted molar refractivity (Wildman–Crippen MR) is 58.8 cm³/mol. The van der Waals surface area contributed by atoms with Crippen LogP contribution in [0.4, 0.5) is 0 Å². The monoisotopic (exact) mass is 258 g/mol. The van der Waals surface area contributed by atoms with E-state index in [1.807, 2.05) is 11.9 Å². The summed E-state index contributed by atoms with van der Waals surface area (Å²) in [5.74, 6) is 0. The second kappa shape index (κ2) is 5.38. The molecule has 1 heterocycles. The van der Waals surface area contributed by atoms with Crippen LogP contribution in [-0.2, 0) is 6.42 Å². The van der Waals surface area contributed by atoms with E-state index >= 15 is 0 Å². The zero-order valence-corrected chi connectivity index (χ0v) is 9.86. The molecule has 0 aliphatic carbocycles. The second-order valence-electron chi connectivity index (χ2n) is 2.85. The molecule has 70 valence electrons. The van der Waals surface area contributed by atoms with Crippen LogP contribution in [0.1, 0.15) is 4.88 Å². The van der Waals surface area contributed by atoms with E-state index in [2.05, 4.69) is 34.1 Å². The summed E-state index contributed by atoms with van der Waals surface area (Å²) in [6.07, 6.45) is 1.02. The Hall–Kier alpha value is -0.370. The van der Waals surface area contributed by atoms with Crippen molar-refractivity contribution in [3.05, 3.63) is 20.8 Å². The normalized spacial score (nSPS) is 10.3. The lowest BCUT2D eigenvalue weighted by Gasteiger charge is -2.10. The van der Waals surface area contributed by atoms with Crippen molar-refractivity contribution < 1.29 is 0 Å². The van der Waals surface area contributed by atoms with Crippen molar-refractivity contribution >= 4 is 27.3 Å². The number of hydrogen-bond acceptors (Lipinski definition) is 3. The van der Waals surface area contributed by atoms with Gasteiger partial charge in [0.1, 0.15) is 0 Å². The number of nitriles is 1. The molecule has 0 radical (unpaired) electrons. The average Bonchev–Trinajstić information content (AvgIpc) is 2.49. The minimum atomic E-state index is 0.506. The summed E-state index contributed by atoms with van der Waals surface area (Å²) in [7, 11) is 1.96. The van der Waals surface area contributed by atoms with Crippen LogP contribution in [0.3, 0.4) is 0 Å². The Kier molecular flexibility index (Phi) is 4.43. The number of hydrogen-bond donors (Lipinski definition) is 0. The first-order valence-electron chi connectivity index (χ1n) is 4.02. The second-order valence-corrected chi connectivity index (χ2v) is 5.40. The van der Waals surface area contributed by atoms with Crippen molar-refractivity contribution in [2.75, 3.05) is 20.1 Å². The van der Waals surface area contributed by atoms with Gasteiger partial charge in [-0.15, -0.1) is 11.3 Å². The van der Waals surface area contributed by atoms with Crippen LogP contribution >= 0.6 is 27.3 Å². The fraction of sp³-hybridized carbons (Fsp3) is 0.444. The van der Waals surface area contributed by atoms with Gasteiger partial charge >= 0.3 is 0 Å². The van der Waals surface area contributed by atoms with Crippen molar-refractivity contribution in [3.8, 4) is 6.07 Å². The van der Waals surface area contributed by atoms with Crippen LogP contribution < -0.4 is 0 Å². The summed E-state index contributed by atoms with van der Waals surface area (Å²) in [6, 6.07) is 6.31. The summed E-state index contributed by atoms with van der Waals surface area (Å²) in [5.41, 5.74) is 0. The number of thiophene rings is 1. The molecule has 0 aromatic carbocycles. The molecule has 0 saturated heterocycles. The van der Waals surface area contributed by atoms with Crippen LogP contribution in [0.15, 0.2) is 15.9 Å². The number of nitrogens with zero attached hydrogens (tertiary/aromatic N) is 2. The van der Waals surface area contributed by atoms with Gasteiger partial charge in [-0.25, -0.2) is 0 Å². The lowest BCUT2D eigenvalue weighted by Crippen LogP contribution is -2.20. The maximum atomic E-state index is 8.44. The molecule has 1 aromatic heterocycles. The summed E-state index contributed by atoms with van der Waals surface area (Å²) >= 11 is 5.18. The topological polar surface area (TPSA) is 27.0 Å². The summed E-state index contributed by atoms with van der Waals surface area (Å²) < 4.78 is 1.17. The molecule has 0 fully saturated rings. The molecule has 0 amide bonds. The molecule has 4 heteroatoms. The van der Waals surface area contributed by atoms with Crippen molar-refractivity contribution in [1.29, 1.82) is 5.26 Å². The summed E-state index contributed by atoms with van der Waals surface area (Å²) in [4.78, 5) is 3.38. The molecular weight excluding hydrogens is 248 g/mol. The molecule has 0 N–H and O–H groups in total. The Morgan fingerprint density at radius 3 is 2.92 bits per heavy atom. The van der Waals surface area contributed by atoms with Gasteiger partial charge in [-0.2, -0.15) is 5.26 Å². The van der Waals surface area contributed by atoms with Crippen LogP contribution in [0.2, 0.25) is 0 Å². The molecule has 2 nitrogen and oxygen atoms in total. The van der Waals surface area contributed by atoms with E-state index in [0.29, 0.717) is 6.54 Å². The SMILES string of the molecule is CN(CC#N)CCc1ccc(Br)s1. The van der Waals surface area contributed by atoms with Crippen LogP contribution in [0, 0.1) is 11.3 Å². The van der Waals surface area contributed by atoms with Gasteiger partial charge in [0.2, 0.25) is 0 Å². The molecule has 0 atom stereocenters. The molecule has 0 saturated carbocycles. The Bertz CT molecular complexity index is 303. The van der Waals surface area contributed by atoms with Crippen LogP contribution in [-0.4, -0.2) is 25.0 Å². The Labute approximate surface area is 90.9 Å². The van der Waals surface area contributed by atoms with Crippen LogP contribution in [0.5, 0.6) is 0 Å². The lowest BCUT2D eigenvalue weighted by atomic mass is 10.3. The molecular formula is C9H11BrN2S. The maximum absolute atomic E-state index is 8.44. The highest BCUT2D eigenvalue weighted by Crippen LogP contribution is 2.22. The fourth-order valence-corrected chi connectivity index (χ4v) is 2.46. The van der Waals surface area contributed by atoms with Gasteiger partial charge in [-0.1, -0.05) is 0 Å². The van der Waals surface area contributed by atoms with Gasteiger partial charge in [-0.3, -0.25) is 4.90 Å². The largest absolute Gasteiger partial charge is 0.293 e. The third kappa shape index (κ3) is 3.90. The molecule has 0 bridgehead atoms. The highest BCUT2D eigenvalue weighted by molar-refractivity contribution is 9.11. The average molecular weight is 259 g/mol. The predicted octanol–water partition coefficient (Wildman–Crippen LogP) is 2.51. The Balaban J connectivity index is 2.31. The van der Waals surface area contributed by atoms with E-state index in [9.17, 15) is 0 Å². The Morgan fingerprint density at radius 1 is 1.62 bits per heavy atom. The van der Waals surface area contributed by atoms with Gasteiger partial charge < -0.3 is 0 Å². The molecule has 13 heavy (non-hydrogen) atoms. The number of rotatable bonds is 4. The van der Waals surface area contributed by atoms with Crippen molar-refractivity contribution in [2.45, 2.75) is 6.42 Å². The van der Waals surface area contributed by atoms with E-state index in [1.54, 1.807) is 11.3 Å². The van der Waals surface area contributed by atoms with E-state index in [4.69, 9.17) is 5.26 Å². The third-order valence-corrected chi connectivity index (χ3v) is 3.39. The van der Waals surface area contributed by atoms with Gasteiger partial charge in [0.25, 0.3) is 0 Å². The smallest absolute Gasteiger partial charge is 0.0863 e. The van der Waals surface area contributed by atoms with Crippen molar-refractivity contribution in [1.82, 2.24) is 4.90 Å². The van der Waals surface area contributed by atoms with Gasteiger partial charge in [0.15, 0.2) is 0 Å². The standard InChI is InChI=1S/C9H11BrN2S/c1-12(7-5-11)6-4-8-2-3-9(10)13-8/h2-3H,4,6-7H2,1H3. The fourth-order valence-electron chi connectivity index (χ4n) is 0.987. The Morgan fingerprint density at radius 2 is 2.38 bits per heavy atom. The van der Waals surface area contributed by atoms with E-state index < -0.39 is 0 Å². The molecule has 1 rings (SSSR count). The summed E-state index contributed by atoms with van der Waals surface area (Å²) in [5, 5.41) is 8.44. The molecule has 0 aliphatic rings. The number of likely N-dealkylation sites (N-methyl/N-ethyl adjacent to an activating group) is 1. The van der Waals surface area contributed by atoms with Gasteiger partial charge in [0, 0.05) is 11.4 Å². The van der Waals surface area contributed by atoms with E-state index in [-0.39, 0.29) is 0 Å². The first-order chi connectivity index (χ1) is 6.22. The van der Waals surface area contributed by atoms with Gasteiger partial charge in [-0.05, 0) is 41.5 Å². The van der Waals surface area contributed by atoms with E-state index in [0.717, 1.165) is 13.0 Å². The minimum absolute atomic E-state index is 0.506. The zero-order valence-electron chi connectivity index (χ0n) is 7.46. The van der Waals surface area contributed by atoms with Crippen molar-refractivity contribution in [3.63, 3.8) is 0 Å². The highest BCUT2D eigenvalue weighted by atomic mass is 79.9. The first-order valence-corrected chi connectivity index (χ1v) is 5.63. The van der Waals surface area contributed by atoms with Crippen molar-refractivity contribution in [2.24, 2.45) is 0 Å². The van der Waals surface area contributed by atoms with Gasteiger partial charge in [0.05, 0.1) is 16.4 Å². The first kappa shape index (κ1) is 10.7. The molecule has 0 unspecified atom stereocenters. The lowest BCUT2D eigenvalue weighted by molar-refractivity contribution is 0.380. The van der Waals surface area contributed by atoms with E-state index in [1.165, 1.54) is 8.66 Å². The number of halogens is 1. The summed E-state index contributed by atoms with van der Waals surface area (Å²) in [6.45, 7) is 1.45. The minimum Gasteiger partial charge on any atom is -0.293 e. The zero-order chi connectivity index (χ0) is 9.68.